The van der Waals surface area contributed by atoms with Crippen LogP contribution in [0, 0.1) is 22.7 Å². The van der Waals surface area contributed by atoms with Crippen molar-refractivity contribution in [2.75, 3.05) is 6.61 Å². The van der Waals surface area contributed by atoms with Crippen LogP contribution in [0.25, 0.3) is 0 Å². The predicted molar refractivity (Wildman–Crippen MR) is 103 cm³/mol. The van der Waals surface area contributed by atoms with Crippen molar-refractivity contribution in [2.45, 2.75) is 72.6 Å². The van der Waals surface area contributed by atoms with E-state index in [9.17, 15) is 14.7 Å². The summed E-state index contributed by atoms with van der Waals surface area (Å²) in [5.41, 5.74) is 1.89. The van der Waals surface area contributed by atoms with E-state index in [1.165, 1.54) is 18.1 Å². The van der Waals surface area contributed by atoms with Crippen LogP contribution in [0.15, 0.2) is 23.8 Å². The quantitative estimate of drug-likeness (QED) is 0.525. The number of esters is 1. The second kappa shape index (κ2) is 7.98. The Labute approximate surface area is 157 Å². The minimum Gasteiger partial charge on any atom is -0.481 e. The molecule has 0 aromatic carbocycles. The van der Waals surface area contributed by atoms with Crippen LogP contribution in [0.5, 0.6) is 0 Å². The highest BCUT2D eigenvalue weighted by Gasteiger charge is 2.57. The van der Waals surface area contributed by atoms with Crippen LogP contribution in [-0.4, -0.2) is 23.7 Å². The largest absolute Gasteiger partial charge is 0.481 e. The minimum atomic E-state index is -0.642. The fourth-order valence-electron chi connectivity index (χ4n) is 5.51. The third-order valence-electron chi connectivity index (χ3n) is 7.05. The Morgan fingerprint density at radius 1 is 1.31 bits per heavy atom. The third kappa shape index (κ3) is 4.05. The Kier molecular flexibility index (Phi) is 6.36. The maximum atomic E-state index is 12.0. The zero-order valence-electron chi connectivity index (χ0n) is 16.8. The van der Waals surface area contributed by atoms with E-state index in [2.05, 4.69) is 20.4 Å². The molecular formula is C22H34O4. The molecule has 2 unspecified atom stereocenters. The lowest BCUT2D eigenvalue weighted by atomic mass is 9.46. The first-order valence-corrected chi connectivity index (χ1v) is 9.81. The molecule has 0 heterocycles. The average Bonchev–Trinajstić information content (AvgIpc) is 2.53. The number of hydrogen-bond donors (Lipinski definition) is 1. The molecule has 4 heteroatoms. The van der Waals surface area contributed by atoms with Gasteiger partial charge >= 0.3 is 11.9 Å². The van der Waals surface area contributed by atoms with Gasteiger partial charge in [0.1, 0.15) is 6.61 Å². The maximum absolute atomic E-state index is 12.0. The number of aliphatic carboxylic acids is 1. The molecule has 0 bridgehead atoms. The zero-order valence-corrected chi connectivity index (χ0v) is 16.8. The Bertz CT molecular complexity index is 605. The molecule has 2 rings (SSSR count). The second-order valence-electron chi connectivity index (χ2n) is 8.78. The van der Waals surface area contributed by atoms with Gasteiger partial charge in [-0.1, -0.05) is 31.1 Å². The monoisotopic (exact) mass is 362 g/mol. The van der Waals surface area contributed by atoms with Crippen molar-refractivity contribution in [3.05, 3.63) is 23.8 Å². The summed E-state index contributed by atoms with van der Waals surface area (Å²) >= 11 is 0. The Balaban J connectivity index is 2.13. The molecule has 146 valence electrons. The molecule has 0 radical (unpaired) electrons. The van der Waals surface area contributed by atoms with E-state index in [0.717, 1.165) is 44.9 Å². The first kappa shape index (κ1) is 20.7. The molecule has 0 saturated heterocycles. The van der Waals surface area contributed by atoms with Gasteiger partial charge in [0.2, 0.25) is 0 Å². The van der Waals surface area contributed by atoms with Crippen molar-refractivity contribution in [1.82, 2.24) is 0 Å². The lowest BCUT2D eigenvalue weighted by molar-refractivity contribution is -0.164. The van der Waals surface area contributed by atoms with Crippen molar-refractivity contribution in [1.29, 1.82) is 0 Å². The molecule has 4 atom stereocenters. The van der Waals surface area contributed by atoms with Gasteiger partial charge in [0.25, 0.3) is 0 Å². The number of carbonyl (C=O) groups is 2. The van der Waals surface area contributed by atoms with E-state index in [4.69, 9.17) is 4.74 Å². The summed E-state index contributed by atoms with van der Waals surface area (Å²) in [4.78, 5) is 22.9. The van der Waals surface area contributed by atoms with E-state index < -0.39 is 11.4 Å². The van der Waals surface area contributed by atoms with Crippen molar-refractivity contribution in [3.63, 3.8) is 0 Å². The molecule has 2 aliphatic rings. The highest BCUT2D eigenvalue weighted by molar-refractivity contribution is 5.75. The van der Waals surface area contributed by atoms with Crippen LogP contribution >= 0.6 is 0 Å². The molecule has 0 aromatic rings. The summed E-state index contributed by atoms with van der Waals surface area (Å²) in [6.45, 7) is 12.4. The van der Waals surface area contributed by atoms with Gasteiger partial charge in [0.15, 0.2) is 0 Å². The van der Waals surface area contributed by atoms with Crippen molar-refractivity contribution in [2.24, 2.45) is 22.7 Å². The zero-order chi connectivity index (χ0) is 19.5. The van der Waals surface area contributed by atoms with Crippen LogP contribution in [-0.2, 0) is 14.3 Å². The van der Waals surface area contributed by atoms with E-state index in [1.807, 2.05) is 13.0 Å². The van der Waals surface area contributed by atoms with E-state index >= 15 is 0 Å². The summed E-state index contributed by atoms with van der Waals surface area (Å²) in [5.74, 6) is -0.336. The first-order valence-electron chi connectivity index (χ1n) is 9.81. The maximum Gasteiger partial charge on any atom is 0.309 e. The molecule has 2 fully saturated rings. The molecule has 0 spiro atoms. The number of hydrogen-bond acceptors (Lipinski definition) is 3. The number of carboxylic acids is 1. The molecule has 2 saturated carbocycles. The first-order chi connectivity index (χ1) is 12.1. The van der Waals surface area contributed by atoms with Crippen LogP contribution in [0.3, 0.4) is 0 Å². The lowest BCUT2D eigenvalue weighted by Crippen LogP contribution is -2.53. The SMILES string of the molecule is C=C1CCC2[C@](C)(CCC[C@]2(C)C(=O)O)C1CCC(C)=CCOC(C)=O. The van der Waals surface area contributed by atoms with E-state index in [1.54, 1.807) is 0 Å². The fraction of sp³-hybridized carbons (Fsp3) is 0.727. The Morgan fingerprint density at radius 3 is 2.62 bits per heavy atom. The van der Waals surface area contributed by atoms with Gasteiger partial charge in [-0.15, -0.1) is 0 Å². The minimum absolute atomic E-state index is 0.0108. The predicted octanol–water partition coefficient (Wildman–Crippen LogP) is 5.14. The fourth-order valence-corrected chi connectivity index (χ4v) is 5.51. The van der Waals surface area contributed by atoms with Gasteiger partial charge in [0, 0.05) is 6.92 Å². The van der Waals surface area contributed by atoms with Gasteiger partial charge in [-0.25, -0.2) is 0 Å². The second-order valence-corrected chi connectivity index (χ2v) is 8.78. The molecule has 0 amide bonds. The molecule has 0 aromatic heterocycles. The van der Waals surface area contributed by atoms with E-state index in [0.29, 0.717) is 12.5 Å². The van der Waals surface area contributed by atoms with Crippen LogP contribution in [0.4, 0.5) is 0 Å². The molecule has 4 nitrogen and oxygen atoms in total. The number of carboxylic acid groups (broad SMARTS) is 1. The summed E-state index contributed by atoms with van der Waals surface area (Å²) in [6, 6.07) is 0. The summed E-state index contributed by atoms with van der Waals surface area (Å²) in [5, 5.41) is 9.89. The van der Waals surface area contributed by atoms with Crippen molar-refractivity contribution in [3.8, 4) is 0 Å². The van der Waals surface area contributed by atoms with Gasteiger partial charge in [-0.3, -0.25) is 9.59 Å². The van der Waals surface area contributed by atoms with Gasteiger partial charge in [0.05, 0.1) is 5.41 Å². The number of ether oxygens (including phenoxy) is 1. The molecule has 0 aliphatic heterocycles. The normalized spacial score (nSPS) is 34.9. The van der Waals surface area contributed by atoms with Gasteiger partial charge in [-0.2, -0.15) is 0 Å². The number of allylic oxidation sites excluding steroid dienone is 2. The van der Waals surface area contributed by atoms with Crippen molar-refractivity contribution >= 4 is 11.9 Å². The van der Waals surface area contributed by atoms with Gasteiger partial charge < -0.3 is 9.84 Å². The highest BCUT2D eigenvalue weighted by atomic mass is 16.5. The summed E-state index contributed by atoms with van der Waals surface area (Å²) in [7, 11) is 0. The number of rotatable bonds is 6. The van der Waals surface area contributed by atoms with E-state index in [-0.39, 0.29) is 17.3 Å². The van der Waals surface area contributed by atoms with Crippen LogP contribution in [0.1, 0.15) is 72.6 Å². The number of carbonyl (C=O) groups excluding carboxylic acids is 1. The highest BCUT2D eigenvalue weighted by Crippen LogP contribution is 2.62. The molecular weight excluding hydrogens is 328 g/mol. The lowest BCUT2D eigenvalue weighted by Gasteiger charge is -2.57. The topological polar surface area (TPSA) is 63.6 Å². The molecule has 2 aliphatic carbocycles. The Hall–Kier alpha value is -1.58. The molecule has 1 N–H and O–H groups in total. The summed E-state index contributed by atoms with van der Waals surface area (Å²) < 4.78 is 4.99. The average molecular weight is 363 g/mol. The number of fused-ring (bicyclic) bond motifs is 1. The van der Waals surface area contributed by atoms with Crippen LogP contribution < -0.4 is 0 Å². The van der Waals surface area contributed by atoms with Crippen molar-refractivity contribution < 1.29 is 19.4 Å². The summed E-state index contributed by atoms with van der Waals surface area (Å²) in [6.07, 6.45) is 8.60. The van der Waals surface area contributed by atoms with Crippen LogP contribution in [0.2, 0.25) is 0 Å². The van der Waals surface area contributed by atoms with Gasteiger partial charge in [-0.05, 0) is 75.7 Å². The Morgan fingerprint density at radius 2 is 2.00 bits per heavy atom. The smallest absolute Gasteiger partial charge is 0.309 e. The standard InChI is InChI=1S/C22H34O4/c1-15(11-14-26-17(3)23)7-9-18-16(2)8-10-19-21(18,4)12-6-13-22(19,5)20(24)25/h11,18-19H,2,6-10,12-14H2,1,3-5H3,(H,24,25)/t18?,19?,21-,22+/m1/s1. The third-order valence-corrected chi connectivity index (χ3v) is 7.05. The molecule has 26 heavy (non-hydrogen) atoms.